The molecular weight excluding hydrogens is 382 g/mol. The number of anilines is 1. The molecule has 0 unspecified atom stereocenters. The predicted octanol–water partition coefficient (Wildman–Crippen LogP) is 2.54. The molecule has 3 aliphatic rings. The van der Waals surface area contributed by atoms with E-state index >= 15 is 0 Å². The lowest BCUT2D eigenvalue weighted by molar-refractivity contribution is -0.132. The van der Waals surface area contributed by atoms with E-state index in [0.717, 1.165) is 59.9 Å². The van der Waals surface area contributed by atoms with Gasteiger partial charge in [-0.05, 0) is 42.2 Å². The summed E-state index contributed by atoms with van der Waals surface area (Å²) in [6.45, 7) is 3.52. The van der Waals surface area contributed by atoms with Crippen LogP contribution in [-0.2, 0) is 22.7 Å². The third-order valence-electron chi connectivity index (χ3n) is 5.79. The number of methoxy groups -OCH3 is 1. The van der Waals surface area contributed by atoms with Gasteiger partial charge in [0, 0.05) is 31.6 Å². The summed E-state index contributed by atoms with van der Waals surface area (Å²) in [5.41, 5.74) is 3.08. The molecular formula is C22H27N5O3. The van der Waals surface area contributed by atoms with Crippen molar-refractivity contribution in [2.45, 2.75) is 32.4 Å². The lowest BCUT2D eigenvalue weighted by Gasteiger charge is -2.24. The second-order valence-corrected chi connectivity index (χ2v) is 8.08. The second-order valence-electron chi connectivity index (χ2n) is 8.08. The predicted molar refractivity (Wildman–Crippen MR) is 114 cm³/mol. The van der Waals surface area contributed by atoms with E-state index < -0.39 is 0 Å². The number of hydrogen-bond acceptors (Lipinski definition) is 6. The SMILES string of the molecule is COCc1cc2cc(c1)-c1cnn3c1NC(=NCCN(C(=O)C1CC1)CCO2)CC3. The normalized spacial score (nSPS) is 18.7. The molecule has 0 saturated heterocycles. The first-order valence-corrected chi connectivity index (χ1v) is 10.6. The van der Waals surface area contributed by atoms with E-state index in [0.29, 0.717) is 32.8 Å². The van der Waals surface area contributed by atoms with Crippen LogP contribution < -0.4 is 10.1 Å². The van der Waals surface area contributed by atoms with Crippen molar-refractivity contribution < 1.29 is 14.3 Å². The fourth-order valence-corrected chi connectivity index (χ4v) is 4.08. The number of amidine groups is 1. The summed E-state index contributed by atoms with van der Waals surface area (Å²) >= 11 is 0. The summed E-state index contributed by atoms with van der Waals surface area (Å²) in [5, 5.41) is 8.01. The number of nitrogens with one attached hydrogen (secondary N) is 1. The second kappa shape index (κ2) is 8.10. The first-order chi connectivity index (χ1) is 14.7. The maximum absolute atomic E-state index is 12.7. The number of carbonyl (C=O) groups excluding carboxylic acids is 1. The van der Waals surface area contributed by atoms with Crippen molar-refractivity contribution in [1.82, 2.24) is 14.7 Å². The maximum Gasteiger partial charge on any atom is 0.225 e. The van der Waals surface area contributed by atoms with Crippen molar-refractivity contribution in [3.63, 3.8) is 0 Å². The molecule has 1 aliphatic carbocycles. The molecule has 1 saturated carbocycles. The van der Waals surface area contributed by atoms with Crippen molar-refractivity contribution in [1.29, 1.82) is 0 Å². The highest BCUT2D eigenvalue weighted by Gasteiger charge is 2.33. The highest BCUT2D eigenvalue weighted by atomic mass is 16.5. The highest BCUT2D eigenvalue weighted by molar-refractivity contribution is 5.99. The molecule has 3 heterocycles. The summed E-state index contributed by atoms with van der Waals surface area (Å²) in [5.74, 6) is 3.10. The molecule has 1 aromatic carbocycles. The van der Waals surface area contributed by atoms with E-state index in [4.69, 9.17) is 14.5 Å². The summed E-state index contributed by atoms with van der Waals surface area (Å²) in [7, 11) is 1.69. The number of aliphatic imine (C=N–C) groups is 1. The van der Waals surface area contributed by atoms with Gasteiger partial charge < -0.3 is 19.7 Å². The number of rotatable bonds is 3. The Bertz CT molecular complexity index is 979. The monoisotopic (exact) mass is 409 g/mol. The molecule has 158 valence electrons. The van der Waals surface area contributed by atoms with Gasteiger partial charge in [-0.3, -0.25) is 9.79 Å². The molecule has 30 heavy (non-hydrogen) atoms. The number of amides is 1. The van der Waals surface area contributed by atoms with Crippen molar-refractivity contribution in [3.8, 4) is 16.9 Å². The number of carbonyl (C=O) groups is 1. The zero-order chi connectivity index (χ0) is 20.5. The van der Waals surface area contributed by atoms with E-state index in [1.165, 1.54) is 0 Å². The zero-order valence-electron chi connectivity index (χ0n) is 17.3. The van der Waals surface area contributed by atoms with Crippen molar-refractivity contribution >= 4 is 17.6 Å². The smallest absolute Gasteiger partial charge is 0.225 e. The van der Waals surface area contributed by atoms with Gasteiger partial charge in [0.05, 0.1) is 32.4 Å². The molecule has 0 radical (unpaired) electrons. The van der Waals surface area contributed by atoms with Crippen LogP contribution in [0.4, 0.5) is 5.82 Å². The Balaban J connectivity index is 1.50. The molecule has 1 N–H and O–H groups in total. The van der Waals surface area contributed by atoms with Crippen LogP contribution in [0.3, 0.4) is 0 Å². The Hall–Kier alpha value is -2.87. The first-order valence-electron chi connectivity index (χ1n) is 10.6. The minimum Gasteiger partial charge on any atom is -0.492 e. The Labute approximate surface area is 175 Å². The minimum absolute atomic E-state index is 0.192. The van der Waals surface area contributed by atoms with Gasteiger partial charge in [0.1, 0.15) is 24.0 Å². The lowest BCUT2D eigenvalue weighted by Crippen LogP contribution is -2.38. The van der Waals surface area contributed by atoms with Gasteiger partial charge in [0.15, 0.2) is 0 Å². The third kappa shape index (κ3) is 3.92. The standard InChI is InChI=1S/C22H27N5O3/c1-29-14-15-10-17-12-18(11-15)30-9-8-26(22(28)16-2-3-16)7-5-23-20-4-6-27-21(25-20)19(17)13-24-27/h10-13,16H,2-9,14H2,1H3,(H,23,25). The summed E-state index contributed by atoms with van der Waals surface area (Å²) in [4.78, 5) is 19.3. The van der Waals surface area contributed by atoms with Crippen molar-refractivity contribution in [2.75, 3.05) is 38.7 Å². The van der Waals surface area contributed by atoms with E-state index in [2.05, 4.69) is 16.5 Å². The van der Waals surface area contributed by atoms with Crippen LogP contribution >= 0.6 is 0 Å². The van der Waals surface area contributed by atoms with Crippen molar-refractivity contribution in [2.24, 2.45) is 10.9 Å². The maximum atomic E-state index is 12.7. The van der Waals surface area contributed by atoms with Gasteiger partial charge in [-0.25, -0.2) is 4.68 Å². The molecule has 1 aromatic heterocycles. The Morgan fingerprint density at radius 1 is 1.27 bits per heavy atom. The van der Waals surface area contributed by atoms with Crippen LogP contribution in [0.2, 0.25) is 0 Å². The molecule has 4 bridgehead atoms. The van der Waals surface area contributed by atoms with Gasteiger partial charge in [-0.15, -0.1) is 0 Å². The van der Waals surface area contributed by atoms with Crippen LogP contribution in [-0.4, -0.2) is 59.8 Å². The zero-order valence-corrected chi connectivity index (χ0v) is 17.3. The number of nitrogens with zero attached hydrogens (tertiary/aromatic N) is 4. The van der Waals surface area contributed by atoms with Crippen LogP contribution in [0.25, 0.3) is 11.1 Å². The van der Waals surface area contributed by atoms with E-state index in [-0.39, 0.29) is 11.8 Å². The molecule has 0 atom stereocenters. The molecule has 2 aromatic rings. The van der Waals surface area contributed by atoms with E-state index in [9.17, 15) is 4.79 Å². The van der Waals surface area contributed by atoms with Crippen LogP contribution in [0.15, 0.2) is 29.4 Å². The number of aromatic nitrogens is 2. The molecule has 5 rings (SSSR count). The average Bonchev–Trinajstić information content (AvgIpc) is 3.51. The lowest BCUT2D eigenvalue weighted by atomic mass is 10.0. The summed E-state index contributed by atoms with van der Waals surface area (Å²) < 4.78 is 13.4. The number of hydrogen-bond donors (Lipinski definition) is 1. The highest BCUT2D eigenvalue weighted by Crippen LogP contribution is 2.34. The number of aryl methyl sites for hydroxylation is 1. The topological polar surface area (TPSA) is 81.0 Å². The van der Waals surface area contributed by atoms with Crippen molar-refractivity contribution in [3.05, 3.63) is 30.0 Å². The van der Waals surface area contributed by atoms with Gasteiger partial charge in [-0.1, -0.05) is 0 Å². The van der Waals surface area contributed by atoms with Gasteiger partial charge >= 0.3 is 0 Å². The quantitative estimate of drug-likeness (QED) is 0.843. The fourth-order valence-electron chi connectivity index (χ4n) is 4.08. The molecule has 8 nitrogen and oxygen atoms in total. The minimum atomic E-state index is 0.192. The first kappa shape index (κ1) is 19.1. The third-order valence-corrected chi connectivity index (χ3v) is 5.79. The van der Waals surface area contributed by atoms with Gasteiger partial charge in [0.25, 0.3) is 0 Å². The summed E-state index contributed by atoms with van der Waals surface area (Å²) in [6.07, 6.45) is 4.70. The molecule has 1 amide bonds. The van der Waals surface area contributed by atoms with E-state index in [1.54, 1.807) is 7.11 Å². The number of benzene rings is 1. The molecule has 2 aliphatic heterocycles. The molecule has 8 heteroatoms. The molecule has 0 spiro atoms. The number of fused-ring (bicyclic) bond motifs is 4. The summed E-state index contributed by atoms with van der Waals surface area (Å²) in [6, 6.07) is 6.14. The van der Waals surface area contributed by atoms with Crippen LogP contribution in [0.5, 0.6) is 5.75 Å². The Kier molecular flexibility index (Phi) is 5.16. The largest absolute Gasteiger partial charge is 0.492 e. The number of ether oxygens (including phenoxy) is 2. The average molecular weight is 409 g/mol. The van der Waals surface area contributed by atoms with E-state index in [1.807, 2.05) is 27.9 Å². The van der Waals surface area contributed by atoms with Crippen LogP contribution in [0, 0.1) is 5.92 Å². The molecule has 1 fully saturated rings. The fraction of sp³-hybridized carbons (Fsp3) is 0.500. The van der Waals surface area contributed by atoms with Gasteiger partial charge in [-0.2, -0.15) is 5.10 Å². The Morgan fingerprint density at radius 2 is 2.17 bits per heavy atom. The van der Waals surface area contributed by atoms with Crippen LogP contribution in [0.1, 0.15) is 24.8 Å². The van der Waals surface area contributed by atoms with Gasteiger partial charge in [0.2, 0.25) is 5.91 Å². The Morgan fingerprint density at radius 3 is 3.00 bits per heavy atom.